The minimum absolute atomic E-state index is 0.104. The maximum absolute atomic E-state index is 13.3. The Kier molecular flexibility index (Phi) is 7.09. The van der Waals surface area contributed by atoms with Crippen LogP contribution < -0.4 is 5.32 Å². The highest BCUT2D eigenvalue weighted by Crippen LogP contribution is 2.26. The standard InChI is InChI=1S/C24H31N5O3S/c1-3-13-29-23-12-11-21(15-22(23)26-27-29)33(31,32)28-14-5-6-20(17-28)24(30)25-16-19-9-7-18(4-2)8-10-19/h7-12,15,20H,3-6,13-14,16-17H2,1-2H3,(H,25,30). The molecule has 1 saturated heterocycles. The van der Waals surface area contributed by atoms with Gasteiger partial charge in [0.05, 0.1) is 16.3 Å². The van der Waals surface area contributed by atoms with E-state index in [2.05, 4.69) is 41.6 Å². The van der Waals surface area contributed by atoms with Crippen molar-refractivity contribution in [3.8, 4) is 0 Å². The summed E-state index contributed by atoms with van der Waals surface area (Å²) in [6, 6.07) is 13.1. The van der Waals surface area contributed by atoms with Crippen LogP contribution in [-0.4, -0.2) is 46.7 Å². The van der Waals surface area contributed by atoms with Gasteiger partial charge in [-0.05, 0) is 55.0 Å². The molecule has 3 aromatic rings. The summed E-state index contributed by atoms with van der Waals surface area (Å²) >= 11 is 0. The molecule has 1 N–H and O–H groups in total. The lowest BCUT2D eigenvalue weighted by Crippen LogP contribution is -2.45. The molecule has 2 heterocycles. The van der Waals surface area contributed by atoms with Crippen molar-refractivity contribution in [2.45, 2.75) is 57.5 Å². The summed E-state index contributed by atoms with van der Waals surface area (Å²) in [5.74, 6) is -0.468. The van der Waals surface area contributed by atoms with Gasteiger partial charge < -0.3 is 5.32 Å². The van der Waals surface area contributed by atoms with Gasteiger partial charge in [0.25, 0.3) is 0 Å². The van der Waals surface area contributed by atoms with Crippen molar-refractivity contribution in [1.29, 1.82) is 0 Å². The lowest BCUT2D eigenvalue weighted by molar-refractivity contribution is -0.126. The predicted molar refractivity (Wildman–Crippen MR) is 127 cm³/mol. The maximum atomic E-state index is 13.3. The number of hydrogen-bond donors (Lipinski definition) is 1. The third-order valence-corrected chi connectivity index (χ3v) is 8.07. The summed E-state index contributed by atoms with van der Waals surface area (Å²) < 4.78 is 29.8. The van der Waals surface area contributed by atoms with Crippen LogP contribution in [0.2, 0.25) is 0 Å². The molecule has 0 bridgehead atoms. The molecule has 1 unspecified atom stereocenters. The number of nitrogens with one attached hydrogen (secondary N) is 1. The summed E-state index contributed by atoms with van der Waals surface area (Å²) in [6.07, 6.45) is 3.22. The Morgan fingerprint density at radius 1 is 1.12 bits per heavy atom. The van der Waals surface area contributed by atoms with Crippen LogP contribution in [0.25, 0.3) is 11.0 Å². The fourth-order valence-corrected chi connectivity index (χ4v) is 5.78. The summed E-state index contributed by atoms with van der Waals surface area (Å²) in [5, 5.41) is 11.2. The lowest BCUT2D eigenvalue weighted by atomic mass is 9.98. The summed E-state index contributed by atoms with van der Waals surface area (Å²) in [5.41, 5.74) is 3.66. The molecule has 9 heteroatoms. The molecule has 0 radical (unpaired) electrons. The largest absolute Gasteiger partial charge is 0.352 e. The van der Waals surface area contributed by atoms with Crippen LogP contribution in [0.15, 0.2) is 47.4 Å². The molecular weight excluding hydrogens is 438 g/mol. The van der Waals surface area contributed by atoms with Crippen LogP contribution in [-0.2, 0) is 34.3 Å². The van der Waals surface area contributed by atoms with E-state index >= 15 is 0 Å². The molecule has 1 aliphatic rings. The van der Waals surface area contributed by atoms with Crippen molar-refractivity contribution < 1.29 is 13.2 Å². The molecule has 0 aliphatic carbocycles. The molecule has 0 saturated carbocycles. The van der Waals surface area contributed by atoms with E-state index < -0.39 is 10.0 Å². The second-order valence-corrected chi connectivity index (χ2v) is 10.5. The highest BCUT2D eigenvalue weighted by molar-refractivity contribution is 7.89. The molecule has 4 rings (SSSR count). The summed E-state index contributed by atoms with van der Waals surface area (Å²) in [4.78, 5) is 13.0. The van der Waals surface area contributed by atoms with Crippen LogP contribution in [0, 0.1) is 5.92 Å². The second kappa shape index (κ2) is 10.0. The number of amides is 1. The molecule has 1 amide bonds. The lowest BCUT2D eigenvalue weighted by Gasteiger charge is -2.31. The Balaban J connectivity index is 1.43. The molecule has 33 heavy (non-hydrogen) atoms. The van der Waals surface area contributed by atoms with E-state index in [1.165, 1.54) is 9.87 Å². The zero-order valence-corrected chi connectivity index (χ0v) is 20.0. The molecule has 1 aromatic heterocycles. The van der Waals surface area contributed by atoms with Gasteiger partial charge in [-0.25, -0.2) is 13.1 Å². The van der Waals surface area contributed by atoms with E-state index in [0.29, 0.717) is 31.4 Å². The molecule has 1 fully saturated rings. The number of rotatable bonds is 8. The van der Waals surface area contributed by atoms with E-state index in [1.807, 2.05) is 12.1 Å². The molecule has 1 aliphatic heterocycles. The first kappa shape index (κ1) is 23.4. The van der Waals surface area contributed by atoms with Crippen LogP contribution in [0.1, 0.15) is 44.2 Å². The van der Waals surface area contributed by atoms with Crippen LogP contribution in [0.3, 0.4) is 0 Å². The number of benzene rings is 2. The molecule has 0 spiro atoms. The zero-order valence-electron chi connectivity index (χ0n) is 19.2. The smallest absolute Gasteiger partial charge is 0.243 e. The van der Waals surface area contributed by atoms with Crippen molar-refractivity contribution >= 4 is 27.0 Å². The van der Waals surface area contributed by atoms with E-state index in [0.717, 1.165) is 30.5 Å². The van der Waals surface area contributed by atoms with E-state index in [1.54, 1.807) is 22.9 Å². The van der Waals surface area contributed by atoms with Crippen molar-refractivity contribution in [3.63, 3.8) is 0 Å². The number of hydrogen-bond acceptors (Lipinski definition) is 5. The Hall–Kier alpha value is -2.78. The van der Waals surface area contributed by atoms with Crippen LogP contribution in [0.5, 0.6) is 0 Å². The number of piperidine rings is 1. The van der Waals surface area contributed by atoms with Gasteiger partial charge in [-0.15, -0.1) is 5.10 Å². The average molecular weight is 470 g/mol. The molecular formula is C24H31N5O3S. The minimum Gasteiger partial charge on any atom is -0.352 e. The van der Waals surface area contributed by atoms with Gasteiger partial charge >= 0.3 is 0 Å². The molecule has 2 aromatic carbocycles. The molecule has 1 atom stereocenters. The fourth-order valence-electron chi connectivity index (χ4n) is 4.24. The van der Waals surface area contributed by atoms with Gasteiger partial charge in [-0.3, -0.25) is 4.79 Å². The quantitative estimate of drug-likeness (QED) is 0.547. The second-order valence-electron chi connectivity index (χ2n) is 8.55. The number of nitrogens with zero attached hydrogens (tertiary/aromatic N) is 4. The third-order valence-electron chi connectivity index (χ3n) is 6.21. The van der Waals surface area contributed by atoms with Crippen molar-refractivity contribution in [1.82, 2.24) is 24.6 Å². The van der Waals surface area contributed by atoms with Gasteiger partial charge in [0.1, 0.15) is 5.52 Å². The number of fused-ring (bicyclic) bond motifs is 1. The topological polar surface area (TPSA) is 97.2 Å². The van der Waals surface area contributed by atoms with E-state index in [-0.39, 0.29) is 23.3 Å². The van der Waals surface area contributed by atoms with Crippen molar-refractivity contribution in [2.75, 3.05) is 13.1 Å². The Morgan fingerprint density at radius 2 is 1.88 bits per heavy atom. The monoisotopic (exact) mass is 469 g/mol. The first-order valence-electron chi connectivity index (χ1n) is 11.6. The van der Waals surface area contributed by atoms with Gasteiger partial charge in [-0.1, -0.05) is 43.3 Å². The minimum atomic E-state index is -3.72. The van der Waals surface area contributed by atoms with E-state index in [9.17, 15) is 13.2 Å². The molecule has 176 valence electrons. The predicted octanol–water partition coefficient (Wildman–Crippen LogP) is 3.12. The van der Waals surface area contributed by atoms with Crippen molar-refractivity contribution in [2.24, 2.45) is 5.92 Å². The number of carbonyl (C=O) groups excluding carboxylic acids is 1. The van der Waals surface area contributed by atoms with Gasteiger partial charge in [0, 0.05) is 26.2 Å². The summed E-state index contributed by atoms with van der Waals surface area (Å²) in [6.45, 7) is 5.92. The molecule has 8 nitrogen and oxygen atoms in total. The maximum Gasteiger partial charge on any atom is 0.243 e. The highest BCUT2D eigenvalue weighted by Gasteiger charge is 2.33. The SMILES string of the molecule is CCCn1nnc2cc(S(=O)(=O)N3CCCC(C(=O)NCc4ccc(CC)cc4)C3)ccc21. The number of aryl methyl sites for hydroxylation is 2. The fraction of sp³-hybridized carbons (Fsp3) is 0.458. The first-order chi connectivity index (χ1) is 15.9. The van der Waals surface area contributed by atoms with Crippen LogP contribution in [0.4, 0.5) is 0 Å². The average Bonchev–Trinajstić information content (AvgIpc) is 3.25. The van der Waals surface area contributed by atoms with Gasteiger partial charge in [0.2, 0.25) is 15.9 Å². The van der Waals surface area contributed by atoms with Gasteiger partial charge in [0.15, 0.2) is 0 Å². The zero-order chi connectivity index (χ0) is 23.4. The number of aromatic nitrogens is 3. The van der Waals surface area contributed by atoms with Gasteiger partial charge in [-0.2, -0.15) is 4.31 Å². The Morgan fingerprint density at radius 3 is 2.61 bits per heavy atom. The highest BCUT2D eigenvalue weighted by atomic mass is 32.2. The van der Waals surface area contributed by atoms with Crippen molar-refractivity contribution in [3.05, 3.63) is 53.6 Å². The normalized spacial score (nSPS) is 17.3. The number of carbonyl (C=O) groups is 1. The Bertz CT molecular complexity index is 1220. The third kappa shape index (κ3) is 5.09. The van der Waals surface area contributed by atoms with Crippen LogP contribution >= 0.6 is 0 Å². The summed E-state index contributed by atoms with van der Waals surface area (Å²) in [7, 11) is -3.72. The first-order valence-corrected chi connectivity index (χ1v) is 13.0. The van der Waals surface area contributed by atoms with E-state index in [4.69, 9.17) is 0 Å². The Labute approximate surface area is 195 Å². The number of sulfonamides is 1.